The van der Waals surface area contributed by atoms with Crippen molar-refractivity contribution in [2.45, 2.75) is 11.3 Å². The van der Waals surface area contributed by atoms with Crippen molar-refractivity contribution in [1.29, 1.82) is 0 Å². The molecule has 2 aromatic carbocycles. The minimum absolute atomic E-state index is 0.171. The van der Waals surface area contributed by atoms with Gasteiger partial charge in [0.25, 0.3) is 0 Å². The molecule has 0 bridgehead atoms. The molecule has 1 N–H and O–H groups in total. The molecule has 2 aromatic rings. The monoisotopic (exact) mass is 435 g/mol. The molecule has 3 nitrogen and oxygen atoms in total. The molecule has 7 heteroatoms. The van der Waals surface area contributed by atoms with Crippen molar-refractivity contribution in [3.63, 3.8) is 0 Å². The molecule has 0 saturated heterocycles. The molecule has 0 radical (unpaired) electrons. The van der Waals surface area contributed by atoms with Crippen LogP contribution in [0.4, 0.5) is 4.39 Å². The fourth-order valence-corrected chi connectivity index (χ4v) is 4.57. The molecule has 0 spiro atoms. The molecule has 21 heavy (non-hydrogen) atoms. The molecule has 0 amide bonds. The van der Waals surface area contributed by atoms with Crippen molar-refractivity contribution in [3.8, 4) is 0 Å². The van der Waals surface area contributed by atoms with Crippen LogP contribution in [0.25, 0.3) is 0 Å². The van der Waals surface area contributed by atoms with Crippen LogP contribution in [-0.2, 0) is 16.4 Å². The van der Waals surface area contributed by atoms with Gasteiger partial charge in [-0.1, -0.05) is 28.1 Å². The van der Waals surface area contributed by atoms with Crippen molar-refractivity contribution in [2.75, 3.05) is 6.54 Å². The smallest absolute Gasteiger partial charge is 0.211 e. The fraction of sp³-hybridized carbons (Fsp3) is 0.143. The molecule has 0 fully saturated rings. The van der Waals surface area contributed by atoms with E-state index in [1.165, 1.54) is 18.2 Å². The van der Waals surface area contributed by atoms with E-state index in [1.54, 1.807) is 24.3 Å². The van der Waals surface area contributed by atoms with Gasteiger partial charge in [-0.2, -0.15) is 0 Å². The van der Waals surface area contributed by atoms with E-state index >= 15 is 0 Å². The fourth-order valence-electron chi connectivity index (χ4n) is 1.79. The second-order valence-electron chi connectivity index (χ2n) is 4.35. The molecule has 0 aliphatic heterocycles. The van der Waals surface area contributed by atoms with Crippen LogP contribution in [0.5, 0.6) is 0 Å². The standard InChI is InChI=1S/C14H12Br2FNO2S/c15-11-4-5-14(13(16)9-11)21(19,20)18-7-6-10-2-1-3-12(17)8-10/h1-5,8-9,18H,6-7H2. The van der Waals surface area contributed by atoms with E-state index in [0.29, 0.717) is 10.9 Å². The highest BCUT2D eigenvalue weighted by Crippen LogP contribution is 2.25. The van der Waals surface area contributed by atoms with Crippen molar-refractivity contribution in [1.82, 2.24) is 4.72 Å². The lowest BCUT2D eigenvalue weighted by Gasteiger charge is -2.09. The molecule has 2 rings (SSSR count). The minimum Gasteiger partial charge on any atom is -0.211 e. The first-order chi connectivity index (χ1) is 9.88. The Morgan fingerprint density at radius 3 is 2.52 bits per heavy atom. The number of nitrogens with one attached hydrogen (secondary N) is 1. The number of sulfonamides is 1. The van der Waals surface area contributed by atoms with Gasteiger partial charge in [0.2, 0.25) is 10.0 Å². The van der Waals surface area contributed by atoms with Crippen molar-refractivity contribution in [2.24, 2.45) is 0 Å². The predicted octanol–water partition coefficient (Wildman–Crippen LogP) is 3.87. The summed E-state index contributed by atoms with van der Waals surface area (Å²) in [5.74, 6) is -0.328. The molecule has 0 saturated carbocycles. The summed E-state index contributed by atoms with van der Waals surface area (Å²) in [5, 5.41) is 0. The summed E-state index contributed by atoms with van der Waals surface area (Å²) in [7, 11) is -3.60. The third kappa shape index (κ3) is 4.60. The van der Waals surface area contributed by atoms with Crippen LogP contribution in [0.3, 0.4) is 0 Å². The van der Waals surface area contributed by atoms with Crippen LogP contribution in [0.15, 0.2) is 56.3 Å². The Morgan fingerprint density at radius 1 is 1.10 bits per heavy atom. The number of halogens is 3. The van der Waals surface area contributed by atoms with E-state index < -0.39 is 10.0 Å². The molecular formula is C14H12Br2FNO2S. The van der Waals surface area contributed by atoms with Gasteiger partial charge >= 0.3 is 0 Å². The Labute approximate surface area is 139 Å². The van der Waals surface area contributed by atoms with Crippen LogP contribution in [0.2, 0.25) is 0 Å². The van der Waals surface area contributed by atoms with Gasteiger partial charge in [-0.05, 0) is 58.2 Å². The van der Waals surface area contributed by atoms with Gasteiger partial charge < -0.3 is 0 Å². The van der Waals surface area contributed by atoms with Gasteiger partial charge in [-0.3, -0.25) is 0 Å². The lowest BCUT2D eigenvalue weighted by Crippen LogP contribution is -2.26. The topological polar surface area (TPSA) is 46.2 Å². The van der Waals surface area contributed by atoms with Gasteiger partial charge in [0, 0.05) is 15.5 Å². The van der Waals surface area contributed by atoms with E-state index in [0.717, 1.165) is 10.0 Å². The number of hydrogen-bond donors (Lipinski definition) is 1. The third-order valence-corrected chi connectivity index (χ3v) is 5.71. The Bertz CT molecular complexity index is 750. The van der Waals surface area contributed by atoms with E-state index in [9.17, 15) is 12.8 Å². The summed E-state index contributed by atoms with van der Waals surface area (Å²) in [6.07, 6.45) is 0.422. The van der Waals surface area contributed by atoms with Crippen LogP contribution < -0.4 is 4.72 Å². The summed E-state index contributed by atoms with van der Waals surface area (Å²) >= 11 is 6.50. The SMILES string of the molecule is O=S(=O)(NCCc1cccc(F)c1)c1ccc(Br)cc1Br. The largest absolute Gasteiger partial charge is 0.241 e. The second-order valence-corrected chi connectivity index (χ2v) is 7.86. The summed E-state index contributed by atoms with van der Waals surface area (Å²) in [6.45, 7) is 0.203. The molecule has 0 unspecified atom stereocenters. The lowest BCUT2D eigenvalue weighted by molar-refractivity contribution is 0.581. The van der Waals surface area contributed by atoms with Gasteiger partial charge in [0.1, 0.15) is 5.82 Å². The van der Waals surface area contributed by atoms with Crippen molar-refractivity contribution in [3.05, 3.63) is 62.8 Å². The van der Waals surface area contributed by atoms with Gasteiger partial charge in [-0.15, -0.1) is 0 Å². The summed E-state index contributed by atoms with van der Waals surface area (Å²) < 4.78 is 41.2. The van der Waals surface area contributed by atoms with E-state index in [4.69, 9.17) is 0 Å². The molecule has 0 atom stereocenters. The van der Waals surface area contributed by atoms with Gasteiger partial charge in [0.05, 0.1) is 4.90 Å². The van der Waals surface area contributed by atoms with E-state index in [1.807, 2.05) is 0 Å². The first kappa shape index (κ1) is 16.6. The van der Waals surface area contributed by atoms with Crippen LogP contribution in [0.1, 0.15) is 5.56 Å². The zero-order valence-corrected chi connectivity index (χ0v) is 14.8. The van der Waals surface area contributed by atoms with Crippen LogP contribution >= 0.6 is 31.9 Å². The molecule has 112 valence electrons. The first-order valence-corrected chi connectivity index (χ1v) is 9.14. The average Bonchev–Trinajstić information content (AvgIpc) is 2.38. The molecule has 0 heterocycles. The normalized spacial score (nSPS) is 11.6. The maximum Gasteiger partial charge on any atom is 0.241 e. The van der Waals surface area contributed by atoms with Gasteiger partial charge in [-0.25, -0.2) is 17.5 Å². The minimum atomic E-state index is -3.60. The highest BCUT2D eigenvalue weighted by Gasteiger charge is 2.17. The first-order valence-electron chi connectivity index (χ1n) is 6.08. The molecular weight excluding hydrogens is 425 g/mol. The lowest BCUT2D eigenvalue weighted by atomic mass is 10.1. The summed E-state index contributed by atoms with van der Waals surface area (Å²) in [4.78, 5) is 0.171. The predicted molar refractivity (Wildman–Crippen MR) is 87.1 cm³/mol. The zero-order chi connectivity index (χ0) is 15.5. The average molecular weight is 437 g/mol. The molecule has 0 aliphatic rings. The second kappa shape index (κ2) is 7.00. The van der Waals surface area contributed by atoms with E-state index in [2.05, 4.69) is 36.6 Å². The number of hydrogen-bond acceptors (Lipinski definition) is 2. The van der Waals surface area contributed by atoms with Crippen LogP contribution in [0, 0.1) is 5.82 Å². The van der Waals surface area contributed by atoms with Crippen molar-refractivity contribution >= 4 is 41.9 Å². The molecule has 0 aromatic heterocycles. The maximum absolute atomic E-state index is 13.0. The number of benzene rings is 2. The highest BCUT2D eigenvalue weighted by atomic mass is 79.9. The van der Waals surface area contributed by atoms with E-state index in [-0.39, 0.29) is 17.3 Å². The maximum atomic E-state index is 13.0. The summed E-state index contributed by atoms with van der Waals surface area (Å²) in [6, 6.07) is 10.9. The van der Waals surface area contributed by atoms with Crippen molar-refractivity contribution < 1.29 is 12.8 Å². The quantitative estimate of drug-likeness (QED) is 0.773. The highest BCUT2D eigenvalue weighted by molar-refractivity contribution is 9.11. The number of rotatable bonds is 5. The Kier molecular flexibility index (Phi) is 5.54. The Hall–Kier alpha value is -0.760. The Morgan fingerprint density at radius 2 is 1.86 bits per heavy atom. The Balaban J connectivity index is 2.05. The zero-order valence-electron chi connectivity index (χ0n) is 10.8. The van der Waals surface area contributed by atoms with Gasteiger partial charge in [0.15, 0.2) is 0 Å². The van der Waals surface area contributed by atoms with Crippen LogP contribution in [-0.4, -0.2) is 15.0 Å². The summed E-state index contributed by atoms with van der Waals surface area (Å²) in [5.41, 5.74) is 0.743. The molecule has 0 aliphatic carbocycles. The third-order valence-electron chi connectivity index (χ3n) is 2.78.